The number of benzene rings is 2. The molecule has 3 rings (SSSR count). The van der Waals surface area contributed by atoms with Gasteiger partial charge < -0.3 is 13.9 Å². The van der Waals surface area contributed by atoms with Gasteiger partial charge in [-0.1, -0.05) is 12.1 Å². The van der Waals surface area contributed by atoms with Gasteiger partial charge in [0.1, 0.15) is 22.8 Å². The summed E-state index contributed by atoms with van der Waals surface area (Å²) in [6, 6.07) is 17.1. The predicted molar refractivity (Wildman–Crippen MR) is 89.2 cm³/mol. The van der Waals surface area contributed by atoms with E-state index in [1.165, 1.54) is 0 Å². The largest absolute Gasteiger partial charge is 0.497 e. The highest BCUT2D eigenvalue weighted by atomic mass is 16.5. The van der Waals surface area contributed by atoms with Gasteiger partial charge in [0, 0.05) is 11.5 Å². The fourth-order valence-electron chi connectivity index (χ4n) is 2.34. The molecule has 1 heterocycles. The van der Waals surface area contributed by atoms with Crippen LogP contribution < -0.4 is 9.47 Å². The van der Waals surface area contributed by atoms with Gasteiger partial charge in [-0.05, 0) is 42.0 Å². The van der Waals surface area contributed by atoms with Crippen LogP contribution >= 0.6 is 0 Å². The maximum Gasteiger partial charge on any atom is 0.138 e. The monoisotopic (exact) mass is 305 g/mol. The van der Waals surface area contributed by atoms with E-state index in [2.05, 4.69) is 6.07 Å². The molecule has 1 aromatic heterocycles. The van der Waals surface area contributed by atoms with E-state index >= 15 is 0 Å². The Bertz CT molecular complexity index is 916. The molecule has 0 fully saturated rings. The molecule has 0 aliphatic carbocycles. The van der Waals surface area contributed by atoms with Crippen LogP contribution in [0.2, 0.25) is 0 Å². The van der Waals surface area contributed by atoms with Crippen molar-refractivity contribution < 1.29 is 13.9 Å². The molecule has 0 aliphatic heterocycles. The summed E-state index contributed by atoms with van der Waals surface area (Å²) in [7, 11) is 3.21. The molecule has 0 amide bonds. The predicted octanol–water partition coefficient (Wildman–Crippen LogP) is 4.51. The molecular weight excluding hydrogens is 290 g/mol. The average Bonchev–Trinajstić information content (AvgIpc) is 3.01. The lowest BCUT2D eigenvalue weighted by Gasteiger charge is -2.02. The first-order valence-corrected chi connectivity index (χ1v) is 7.07. The third-order valence-electron chi connectivity index (χ3n) is 3.53. The van der Waals surface area contributed by atoms with Crippen molar-refractivity contribution in [3.05, 3.63) is 59.9 Å². The Hall–Kier alpha value is -3.19. The highest BCUT2D eigenvalue weighted by Gasteiger charge is 2.07. The van der Waals surface area contributed by atoms with Crippen LogP contribution in [0.1, 0.15) is 11.3 Å². The smallest absolute Gasteiger partial charge is 0.138 e. The second-order valence-corrected chi connectivity index (χ2v) is 4.95. The summed E-state index contributed by atoms with van der Waals surface area (Å²) in [5, 5.41) is 10.4. The fraction of sp³-hybridized carbons (Fsp3) is 0.105. The maximum absolute atomic E-state index is 9.44. The fourth-order valence-corrected chi connectivity index (χ4v) is 2.34. The number of hydrogen-bond donors (Lipinski definition) is 0. The van der Waals surface area contributed by atoms with Crippen molar-refractivity contribution in [1.29, 1.82) is 5.26 Å². The Morgan fingerprint density at radius 1 is 1.04 bits per heavy atom. The van der Waals surface area contributed by atoms with E-state index in [9.17, 15) is 5.26 Å². The zero-order chi connectivity index (χ0) is 16.2. The van der Waals surface area contributed by atoms with E-state index in [0.29, 0.717) is 17.1 Å². The first kappa shape index (κ1) is 14.7. The van der Waals surface area contributed by atoms with Gasteiger partial charge >= 0.3 is 0 Å². The van der Waals surface area contributed by atoms with E-state index < -0.39 is 0 Å². The summed E-state index contributed by atoms with van der Waals surface area (Å²) in [6.45, 7) is 0. The Labute approximate surface area is 134 Å². The topological polar surface area (TPSA) is 55.4 Å². The molecule has 0 saturated carbocycles. The first-order chi connectivity index (χ1) is 11.2. The zero-order valence-electron chi connectivity index (χ0n) is 12.9. The van der Waals surface area contributed by atoms with Crippen LogP contribution in [0, 0.1) is 11.3 Å². The number of nitrogens with zero attached hydrogens (tertiary/aromatic N) is 1. The van der Waals surface area contributed by atoms with Crippen molar-refractivity contribution in [3.63, 3.8) is 0 Å². The van der Waals surface area contributed by atoms with E-state index in [0.717, 1.165) is 22.3 Å². The molecular formula is C19H15NO3. The molecule has 0 bridgehead atoms. The number of fused-ring (bicyclic) bond motifs is 1. The molecule has 0 radical (unpaired) electrons. The lowest BCUT2D eigenvalue weighted by atomic mass is 10.1. The molecule has 4 heteroatoms. The van der Waals surface area contributed by atoms with Crippen molar-refractivity contribution in [1.82, 2.24) is 0 Å². The molecule has 0 saturated heterocycles. The number of methoxy groups -OCH3 is 2. The van der Waals surface area contributed by atoms with Crippen LogP contribution in [0.4, 0.5) is 0 Å². The molecule has 23 heavy (non-hydrogen) atoms. The summed E-state index contributed by atoms with van der Waals surface area (Å²) >= 11 is 0. The van der Waals surface area contributed by atoms with Gasteiger partial charge in [0.2, 0.25) is 0 Å². The molecule has 0 atom stereocenters. The van der Waals surface area contributed by atoms with Gasteiger partial charge in [-0.3, -0.25) is 0 Å². The molecule has 0 aliphatic rings. The third kappa shape index (κ3) is 3.04. The Morgan fingerprint density at radius 3 is 2.57 bits per heavy atom. The van der Waals surface area contributed by atoms with Gasteiger partial charge in [-0.2, -0.15) is 5.26 Å². The van der Waals surface area contributed by atoms with Gasteiger partial charge in [-0.25, -0.2) is 0 Å². The third-order valence-corrected chi connectivity index (χ3v) is 3.53. The maximum atomic E-state index is 9.44. The number of nitriles is 1. The minimum atomic E-state index is 0.509. The van der Waals surface area contributed by atoms with Crippen molar-refractivity contribution in [2.24, 2.45) is 0 Å². The second-order valence-electron chi connectivity index (χ2n) is 4.95. The number of allylic oxidation sites excluding steroid dienone is 1. The molecule has 4 nitrogen and oxygen atoms in total. The SMILES string of the molecule is COc1cccc(C(C#N)=Cc2cc3ccc(OC)cc3o2)c1. The number of hydrogen-bond acceptors (Lipinski definition) is 4. The molecule has 0 spiro atoms. The van der Waals surface area contributed by atoms with Crippen LogP contribution in [0.5, 0.6) is 11.5 Å². The minimum absolute atomic E-state index is 0.509. The summed E-state index contributed by atoms with van der Waals surface area (Å²) in [4.78, 5) is 0. The van der Waals surface area contributed by atoms with Crippen molar-refractivity contribution in [2.75, 3.05) is 14.2 Å². The standard InChI is InChI=1S/C19H15NO3/c1-21-16-5-3-4-13(8-16)15(12-20)10-18-9-14-6-7-17(22-2)11-19(14)23-18/h3-11H,1-2H3. The van der Waals surface area contributed by atoms with E-state index in [1.807, 2.05) is 48.5 Å². The van der Waals surface area contributed by atoms with Crippen molar-refractivity contribution in [3.8, 4) is 17.6 Å². The van der Waals surface area contributed by atoms with Gasteiger partial charge in [0.05, 0.1) is 25.9 Å². The second kappa shape index (κ2) is 6.29. The van der Waals surface area contributed by atoms with Crippen molar-refractivity contribution in [2.45, 2.75) is 0 Å². The minimum Gasteiger partial charge on any atom is -0.497 e. The van der Waals surface area contributed by atoms with Gasteiger partial charge in [-0.15, -0.1) is 0 Å². The summed E-state index contributed by atoms with van der Waals surface area (Å²) < 4.78 is 16.2. The highest BCUT2D eigenvalue weighted by Crippen LogP contribution is 2.27. The quantitative estimate of drug-likeness (QED) is 0.665. The summed E-state index contributed by atoms with van der Waals surface area (Å²) in [6.07, 6.45) is 1.72. The number of rotatable bonds is 4. The molecule has 2 aromatic carbocycles. The van der Waals surface area contributed by atoms with Crippen LogP contribution in [-0.4, -0.2) is 14.2 Å². The lowest BCUT2D eigenvalue weighted by Crippen LogP contribution is -1.85. The summed E-state index contributed by atoms with van der Waals surface area (Å²) in [5.41, 5.74) is 2.01. The lowest BCUT2D eigenvalue weighted by molar-refractivity contribution is 0.414. The average molecular weight is 305 g/mol. The van der Waals surface area contributed by atoms with Crippen molar-refractivity contribution >= 4 is 22.6 Å². The Kier molecular flexibility index (Phi) is 4.03. The van der Waals surface area contributed by atoms with Crippen LogP contribution in [0.3, 0.4) is 0 Å². The Morgan fingerprint density at radius 2 is 1.83 bits per heavy atom. The molecule has 3 aromatic rings. The summed E-state index contributed by atoms with van der Waals surface area (Å²) in [5.74, 6) is 2.06. The van der Waals surface area contributed by atoms with Crippen LogP contribution in [-0.2, 0) is 0 Å². The van der Waals surface area contributed by atoms with Crippen LogP contribution in [0.25, 0.3) is 22.6 Å². The highest BCUT2D eigenvalue weighted by molar-refractivity contribution is 5.91. The van der Waals surface area contributed by atoms with E-state index in [1.54, 1.807) is 20.3 Å². The zero-order valence-corrected chi connectivity index (χ0v) is 12.9. The Balaban J connectivity index is 2.02. The van der Waals surface area contributed by atoms with Gasteiger partial charge in [0.15, 0.2) is 0 Å². The van der Waals surface area contributed by atoms with Gasteiger partial charge in [0.25, 0.3) is 0 Å². The van der Waals surface area contributed by atoms with E-state index in [4.69, 9.17) is 13.9 Å². The van der Waals surface area contributed by atoms with Crippen LogP contribution in [0.15, 0.2) is 52.9 Å². The number of furan rings is 1. The molecule has 0 unspecified atom stereocenters. The van der Waals surface area contributed by atoms with E-state index in [-0.39, 0.29) is 0 Å². The number of ether oxygens (including phenoxy) is 2. The molecule has 0 N–H and O–H groups in total. The normalized spacial score (nSPS) is 11.3. The molecule has 114 valence electrons. The first-order valence-electron chi connectivity index (χ1n) is 7.07.